The van der Waals surface area contributed by atoms with Crippen LogP contribution in [0.1, 0.15) is 23.1 Å². The Kier molecular flexibility index (Phi) is 4.82. The van der Waals surface area contributed by atoms with Gasteiger partial charge in [0.25, 0.3) is 7.41 Å². The van der Waals surface area contributed by atoms with Gasteiger partial charge in [-0.3, -0.25) is 14.4 Å². The molecule has 2 aromatic rings. The molecule has 2 heterocycles. The van der Waals surface area contributed by atoms with E-state index in [0.717, 1.165) is 27.2 Å². The third kappa shape index (κ3) is 3.47. The summed E-state index contributed by atoms with van der Waals surface area (Å²) in [6.45, 7) is 0.420. The van der Waals surface area contributed by atoms with Crippen molar-refractivity contribution in [2.75, 3.05) is 4.90 Å². The molecule has 2 aliphatic heterocycles. The van der Waals surface area contributed by atoms with Gasteiger partial charge in [-0.2, -0.15) is 0 Å². The summed E-state index contributed by atoms with van der Waals surface area (Å²) in [6.07, 6.45) is 2.93. The van der Waals surface area contributed by atoms with Gasteiger partial charge in [-0.25, -0.2) is 0 Å². The number of hydrogen-bond acceptors (Lipinski definition) is 3. The minimum atomic E-state index is -0.377. The van der Waals surface area contributed by atoms with E-state index >= 15 is 0 Å². The molecule has 2 aliphatic rings. The topological polar surface area (TPSA) is 57.7 Å². The number of nitrogens with zero attached hydrogens (tertiary/aromatic N) is 2. The number of benzene rings is 2. The number of carbonyl (C=O) groups is 3. The lowest BCUT2D eigenvalue weighted by Gasteiger charge is -2.26. The molecule has 0 saturated carbocycles. The van der Waals surface area contributed by atoms with Crippen LogP contribution in [0.25, 0.3) is 0 Å². The van der Waals surface area contributed by atoms with Gasteiger partial charge in [0.1, 0.15) is 0 Å². The number of amides is 3. The van der Waals surface area contributed by atoms with E-state index in [1.807, 2.05) is 48.5 Å². The van der Waals surface area contributed by atoms with Crippen LogP contribution in [0.15, 0.2) is 60.7 Å². The van der Waals surface area contributed by atoms with Gasteiger partial charge >= 0.3 is 0 Å². The summed E-state index contributed by atoms with van der Waals surface area (Å²) in [5.74, 6) is 5.51. The van der Waals surface area contributed by atoms with Crippen molar-refractivity contribution in [3.63, 3.8) is 0 Å². The van der Waals surface area contributed by atoms with Gasteiger partial charge < -0.3 is 9.71 Å². The zero-order chi connectivity index (χ0) is 19.5. The first kappa shape index (κ1) is 17.8. The van der Waals surface area contributed by atoms with E-state index in [2.05, 4.69) is 11.8 Å². The predicted octanol–water partition coefficient (Wildman–Crippen LogP) is 2.29. The Morgan fingerprint density at radius 3 is 2.36 bits per heavy atom. The normalized spacial score (nSPS) is 14.6. The molecule has 1 radical (unpaired) electrons. The summed E-state index contributed by atoms with van der Waals surface area (Å²) < 4.78 is 0. The third-order valence-corrected chi connectivity index (χ3v) is 4.69. The summed E-state index contributed by atoms with van der Waals surface area (Å²) in [7, 11) is 1.48. The second-order valence-electron chi connectivity index (χ2n) is 6.51. The second kappa shape index (κ2) is 7.57. The van der Waals surface area contributed by atoms with Crippen LogP contribution in [0.3, 0.4) is 0 Å². The maximum Gasteiger partial charge on any atom is 0.261 e. The molecule has 0 atom stereocenters. The smallest absolute Gasteiger partial charge is 0.261 e. The largest absolute Gasteiger partial charge is 0.327 e. The van der Waals surface area contributed by atoms with Crippen LogP contribution < -0.4 is 4.90 Å². The molecule has 5 nitrogen and oxygen atoms in total. The number of hydrogen-bond donors (Lipinski definition) is 0. The summed E-state index contributed by atoms with van der Waals surface area (Å²) in [4.78, 5) is 39.0. The Labute approximate surface area is 163 Å². The quantitative estimate of drug-likeness (QED) is 0.473. The molecule has 0 fully saturated rings. The molecule has 28 heavy (non-hydrogen) atoms. The summed E-state index contributed by atoms with van der Waals surface area (Å²) in [5, 5.41) is 0. The van der Waals surface area contributed by atoms with E-state index in [1.54, 1.807) is 4.90 Å². The molecule has 0 saturated heterocycles. The van der Waals surface area contributed by atoms with E-state index in [4.69, 9.17) is 0 Å². The fourth-order valence-corrected chi connectivity index (χ4v) is 3.25. The van der Waals surface area contributed by atoms with Crippen LogP contribution >= 0.6 is 0 Å². The van der Waals surface area contributed by atoms with E-state index in [-0.39, 0.29) is 24.1 Å². The SMILES string of the molecule is O=C1C=CC(=O)N1[B]CCC(=O)N1Cc2ccccc2C#Cc2ccccc21. The number of imide groups is 1. The highest BCUT2D eigenvalue weighted by Crippen LogP contribution is 2.26. The maximum atomic E-state index is 13.0. The molecular weight excluding hydrogens is 351 g/mol. The monoisotopic (exact) mass is 367 g/mol. The van der Waals surface area contributed by atoms with Gasteiger partial charge in [0.05, 0.1) is 12.2 Å². The van der Waals surface area contributed by atoms with Gasteiger partial charge in [0.15, 0.2) is 0 Å². The molecular formula is C22H16BN2O3. The molecule has 6 heteroatoms. The minimum absolute atomic E-state index is 0.0887. The van der Waals surface area contributed by atoms with Crippen molar-refractivity contribution in [3.8, 4) is 11.8 Å². The van der Waals surface area contributed by atoms with Gasteiger partial charge in [-0.15, -0.1) is 0 Å². The van der Waals surface area contributed by atoms with Crippen molar-refractivity contribution in [2.45, 2.75) is 19.3 Å². The lowest BCUT2D eigenvalue weighted by molar-refractivity contribution is -0.131. The molecule has 0 aromatic heterocycles. The number of carbonyl (C=O) groups excluding carboxylic acids is 3. The van der Waals surface area contributed by atoms with E-state index in [9.17, 15) is 14.4 Å². The van der Waals surface area contributed by atoms with E-state index < -0.39 is 0 Å². The fourth-order valence-electron chi connectivity index (χ4n) is 3.25. The highest BCUT2D eigenvalue weighted by atomic mass is 16.2. The fraction of sp³-hybridized carbons (Fsp3) is 0.136. The molecule has 0 N–H and O–H groups in total. The Balaban J connectivity index is 1.55. The Morgan fingerprint density at radius 2 is 1.57 bits per heavy atom. The molecule has 3 amide bonds. The molecule has 0 spiro atoms. The van der Waals surface area contributed by atoms with Gasteiger partial charge in [-0.1, -0.05) is 42.2 Å². The van der Waals surface area contributed by atoms with Gasteiger partial charge in [0, 0.05) is 29.7 Å². The highest BCUT2D eigenvalue weighted by Gasteiger charge is 2.25. The zero-order valence-electron chi connectivity index (χ0n) is 15.1. The Morgan fingerprint density at radius 1 is 0.929 bits per heavy atom. The summed E-state index contributed by atoms with van der Waals surface area (Å²) in [5.41, 5.74) is 3.45. The van der Waals surface area contributed by atoms with Crippen molar-refractivity contribution in [1.29, 1.82) is 0 Å². The number of fused-ring (bicyclic) bond motifs is 2. The summed E-state index contributed by atoms with van der Waals surface area (Å²) in [6, 6.07) is 15.3. The van der Waals surface area contributed by atoms with E-state index in [1.165, 1.54) is 19.6 Å². The Hall–Kier alpha value is -3.59. The predicted molar refractivity (Wildman–Crippen MR) is 106 cm³/mol. The van der Waals surface area contributed by atoms with Crippen LogP contribution in [0.5, 0.6) is 0 Å². The first-order valence-electron chi connectivity index (χ1n) is 9.01. The lowest BCUT2D eigenvalue weighted by Crippen LogP contribution is -2.35. The van der Waals surface area contributed by atoms with Crippen molar-refractivity contribution in [1.82, 2.24) is 4.81 Å². The number of rotatable bonds is 4. The van der Waals surface area contributed by atoms with Gasteiger partial charge in [0.2, 0.25) is 17.7 Å². The van der Waals surface area contributed by atoms with Crippen molar-refractivity contribution < 1.29 is 14.4 Å². The number of para-hydroxylation sites is 1. The van der Waals surface area contributed by atoms with Crippen LogP contribution in [-0.2, 0) is 20.9 Å². The molecule has 0 bridgehead atoms. The van der Waals surface area contributed by atoms with Crippen LogP contribution in [0.2, 0.25) is 6.32 Å². The minimum Gasteiger partial charge on any atom is -0.327 e. The molecule has 0 unspecified atom stereocenters. The van der Waals surface area contributed by atoms with Crippen molar-refractivity contribution in [3.05, 3.63) is 77.4 Å². The third-order valence-electron chi connectivity index (χ3n) is 4.69. The zero-order valence-corrected chi connectivity index (χ0v) is 15.1. The summed E-state index contributed by atoms with van der Waals surface area (Å²) >= 11 is 0. The number of anilines is 1. The van der Waals surface area contributed by atoms with Crippen LogP contribution in [-0.4, -0.2) is 29.9 Å². The molecule has 2 aromatic carbocycles. The lowest BCUT2D eigenvalue weighted by atomic mass is 9.84. The average molecular weight is 367 g/mol. The molecule has 0 aliphatic carbocycles. The molecule has 4 rings (SSSR count). The van der Waals surface area contributed by atoms with Crippen molar-refractivity contribution in [2.24, 2.45) is 0 Å². The van der Waals surface area contributed by atoms with Crippen LogP contribution in [0, 0.1) is 11.8 Å². The maximum absolute atomic E-state index is 13.0. The first-order valence-corrected chi connectivity index (χ1v) is 9.01. The second-order valence-corrected chi connectivity index (χ2v) is 6.51. The standard InChI is InChI=1S/C22H16BN2O3/c26-20(13-14-23-25-21(27)11-12-22(25)28)24-15-18-7-2-1-5-16(18)9-10-17-6-3-4-8-19(17)24/h1-8,11-12H,13-15H2. The first-order chi connectivity index (χ1) is 13.6. The highest BCUT2D eigenvalue weighted by molar-refractivity contribution is 6.46. The van der Waals surface area contributed by atoms with E-state index in [0.29, 0.717) is 12.9 Å². The van der Waals surface area contributed by atoms with Crippen molar-refractivity contribution >= 4 is 30.8 Å². The van der Waals surface area contributed by atoms with Gasteiger partial charge in [-0.05, 0) is 30.1 Å². The average Bonchev–Trinajstić information content (AvgIpc) is 3.01. The molecule has 135 valence electrons. The van der Waals surface area contributed by atoms with Crippen LogP contribution in [0.4, 0.5) is 5.69 Å². The Bertz CT molecular complexity index is 1050.